The molecule has 1 N–H and O–H groups in total. The van der Waals surface area contributed by atoms with Gasteiger partial charge in [-0.05, 0) is 36.0 Å². The highest BCUT2D eigenvalue weighted by atomic mass is 32.1. The molecule has 0 spiro atoms. The summed E-state index contributed by atoms with van der Waals surface area (Å²) in [6.45, 7) is 0.251. The Kier molecular flexibility index (Phi) is 3.39. The third kappa shape index (κ3) is 2.62. The van der Waals surface area contributed by atoms with Gasteiger partial charge in [-0.3, -0.25) is 0 Å². The van der Waals surface area contributed by atoms with E-state index in [0.29, 0.717) is 16.3 Å². The predicted molar refractivity (Wildman–Crippen MR) is 88.4 cm³/mol. The van der Waals surface area contributed by atoms with Gasteiger partial charge in [0.1, 0.15) is 0 Å². The summed E-state index contributed by atoms with van der Waals surface area (Å²) in [6, 6.07) is 15.4. The van der Waals surface area contributed by atoms with E-state index in [9.17, 15) is 0 Å². The van der Waals surface area contributed by atoms with E-state index >= 15 is 0 Å². The highest BCUT2D eigenvalue weighted by Crippen LogP contribution is 2.32. The number of aromatic amines is 1. The van der Waals surface area contributed by atoms with Crippen LogP contribution >= 0.6 is 12.2 Å². The van der Waals surface area contributed by atoms with Gasteiger partial charge in [-0.2, -0.15) is 14.9 Å². The lowest BCUT2D eigenvalue weighted by molar-refractivity contribution is 0.174. The van der Waals surface area contributed by atoms with Crippen molar-refractivity contribution in [3.05, 3.63) is 58.9 Å². The van der Waals surface area contributed by atoms with E-state index in [4.69, 9.17) is 21.7 Å². The summed E-state index contributed by atoms with van der Waals surface area (Å²) in [5.74, 6) is 2.12. The van der Waals surface area contributed by atoms with Crippen LogP contribution in [0.2, 0.25) is 0 Å². The molecule has 114 valence electrons. The lowest BCUT2D eigenvalue weighted by Crippen LogP contribution is -1.95. The fourth-order valence-corrected chi connectivity index (χ4v) is 2.47. The zero-order valence-electron chi connectivity index (χ0n) is 12.0. The predicted octanol–water partition coefficient (Wildman–Crippen LogP) is 3.22. The van der Waals surface area contributed by atoms with Gasteiger partial charge in [0.05, 0.1) is 6.21 Å². The van der Waals surface area contributed by atoms with Gasteiger partial charge in [0.25, 0.3) is 0 Å². The smallest absolute Gasteiger partial charge is 0.231 e. The Hall–Kier alpha value is -2.93. The van der Waals surface area contributed by atoms with Crippen molar-refractivity contribution < 1.29 is 9.47 Å². The summed E-state index contributed by atoms with van der Waals surface area (Å²) < 4.78 is 12.7. The highest BCUT2D eigenvalue weighted by Gasteiger charge is 2.12. The number of rotatable bonds is 3. The number of hydrogen-bond acceptors (Lipinski definition) is 5. The number of benzene rings is 2. The van der Waals surface area contributed by atoms with Crippen molar-refractivity contribution in [3.8, 4) is 22.9 Å². The first-order chi connectivity index (χ1) is 11.3. The average molecular weight is 324 g/mol. The fourth-order valence-electron chi connectivity index (χ4n) is 2.29. The molecule has 0 amide bonds. The SMILES string of the molecule is S=c1[nH]nc(-c2ccccc2)n1N=Cc1ccc2c(c1)OCO2. The van der Waals surface area contributed by atoms with Gasteiger partial charge >= 0.3 is 0 Å². The van der Waals surface area contributed by atoms with Gasteiger partial charge in [-0.1, -0.05) is 30.3 Å². The van der Waals surface area contributed by atoms with Crippen LogP contribution in [0.4, 0.5) is 0 Å². The lowest BCUT2D eigenvalue weighted by atomic mass is 10.2. The first kappa shape index (κ1) is 13.7. The van der Waals surface area contributed by atoms with E-state index in [1.54, 1.807) is 10.9 Å². The first-order valence-corrected chi connectivity index (χ1v) is 7.39. The van der Waals surface area contributed by atoms with Crippen molar-refractivity contribution in [1.29, 1.82) is 0 Å². The molecule has 1 aliphatic rings. The second kappa shape index (κ2) is 5.69. The number of aromatic nitrogens is 3. The van der Waals surface area contributed by atoms with E-state index in [0.717, 1.165) is 16.9 Å². The van der Waals surface area contributed by atoms with Gasteiger partial charge in [0.2, 0.25) is 11.6 Å². The molecule has 0 atom stereocenters. The van der Waals surface area contributed by atoms with Gasteiger partial charge in [0, 0.05) is 5.56 Å². The second-order valence-electron chi connectivity index (χ2n) is 4.89. The van der Waals surface area contributed by atoms with Crippen LogP contribution in [0.5, 0.6) is 11.5 Å². The Morgan fingerprint density at radius 2 is 1.96 bits per heavy atom. The molecule has 23 heavy (non-hydrogen) atoms. The fraction of sp³-hybridized carbons (Fsp3) is 0.0625. The maximum absolute atomic E-state index is 5.36. The summed E-state index contributed by atoms with van der Waals surface area (Å²) >= 11 is 5.25. The van der Waals surface area contributed by atoms with Crippen molar-refractivity contribution in [2.24, 2.45) is 5.10 Å². The molecule has 7 heteroatoms. The van der Waals surface area contributed by atoms with Gasteiger partial charge in [-0.15, -0.1) is 0 Å². The second-order valence-corrected chi connectivity index (χ2v) is 5.27. The highest BCUT2D eigenvalue weighted by molar-refractivity contribution is 7.71. The van der Waals surface area contributed by atoms with Crippen LogP contribution in [0.3, 0.4) is 0 Å². The lowest BCUT2D eigenvalue weighted by Gasteiger charge is -2.01. The third-order valence-corrected chi connectivity index (χ3v) is 3.67. The number of nitrogens with zero attached hydrogens (tertiary/aromatic N) is 3. The number of nitrogens with one attached hydrogen (secondary N) is 1. The molecule has 6 nitrogen and oxygen atoms in total. The zero-order valence-corrected chi connectivity index (χ0v) is 12.8. The van der Waals surface area contributed by atoms with E-state index in [1.165, 1.54) is 0 Å². The molecule has 4 rings (SSSR count). The topological polar surface area (TPSA) is 64.4 Å². The minimum atomic E-state index is 0.251. The van der Waals surface area contributed by atoms with Crippen LogP contribution in [-0.4, -0.2) is 27.9 Å². The largest absolute Gasteiger partial charge is 0.454 e. The molecule has 3 aromatic rings. The van der Waals surface area contributed by atoms with Gasteiger partial charge in [0.15, 0.2) is 17.3 Å². The molecule has 1 aliphatic heterocycles. The van der Waals surface area contributed by atoms with Crippen molar-refractivity contribution in [2.75, 3.05) is 6.79 Å². The van der Waals surface area contributed by atoms with Crippen molar-refractivity contribution in [3.63, 3.8) is 0 Å². The van der Waals surface area contributed by atoms with E-state index in [-0.39, 0.29) is 6.79 Å². The molecule has 0 saturated carbocycles. The summed E-state index contributed by atoms with van der Waals surface area (Å²) in [7, 11) is 0. The van der Waals surface area contributed by atoms with Gasteiger partial charge in [-0.25, -0.2) is 5.10 Å². The molecule has 0 fully saturated rings. The van der Waals surface area contributed by atoms with Crippen LogP contribution in [0.25, 0.3) is 11.4 Å². The Morgan fingerprint density at radius 1 is 1.13 bits per heavy atom. The molecule has 2 aromatic carbocycles. The number of H-pyrrole nitrogens is 1. The molecule has 0 saturated heterocycles. The Labute approximate surface area is 137 Å². The zero-order chi connectivity index (χ0) is 15.6. The summed E-state index contributed by atoms with van der Waals surface area (Å²) in [5, 5.41) is 11.4. The van der Waals surface area contributed by atoms with Crippen molar-refractivity contribution >= 4 is 18.4 Å². The van der Waals surface area contributed by atoms with Crippen LogP contribution in [0, 0.1) is 4.77 Å². The molecular weight excluding hydrogens is 312 g/mol. The van der Waals surface area contributed by atoms with Crippen LogP contribution < -0.4 is 9.47 Å². The Bertz CT molecular complexity index is 931. The van der Waals surface area contributed by atoms with Crippen molar-refractivity contribution in [2.45, 2.75) is 0 Å². The first-order valence-electron chi connectivity index (χ1n) is 6.98. The minimum absolute atomic E-state index is 0.251. The van der Waals surface area contributed by atoms with Crippen LogP contribution in [0.15, 0.2) is 53.6 Å². The average Bonchev–Trinajstić information content (AvgIpc) is 3.19. The van der Waals surface area contributed by atoms with Crippen LogP contribution in [-0.2, 0) is 0 Å². The third-order valence-electron chi connectivity index (χ3n) is 3.40. The van der Waals surface area contributed by atoms with Gasteiger partial charge < -0.3 is 9.47 Å². The monoisotopic (exact) mass is 324 g/mol. The minimum Gasteiger partial charge on any atom is -0.454 e. The summed E-state index contributed by atoms with van der Waals surface area (Å²) in [5.41, 5.74) is 1.82. The Morgan fingerprint density at radius 3 is 2.83 bits per heavy atom. The van der Waals surface area contributed by atoms with E-state index in [2.05, 4.69) is 15.3 Å². The van der Waals surface area contributed by atoms with Crippen LogP contribution in [0.1, 0.15) is 5.56 Å². The molecule has 0 radical (unpaired) electrons. The quantitative estimate of drug-likeness (QED) is 0.593. The molecular formula is C16H12N4O2S. The number of ether oxygens (including phenoxy) is 2. The Balaban J connectivity index is 1.69. The standard InChI is InChI=1S/C16H12N4O2S/c23-16-19-18-15(12-4-2-1-3-5-12)20(16)17-9-11-6-7-13-14(8-11)22-10-21-13/h1-9H,10H2,(H,19,23). The molecule has 0 aliphatic carbocycles. The number of hydrogen-bond donors (Lipinski definition) is 1. The molecule has 0 unspecified atom stereocenters. The van der Waals surface area contributed by atoms with E-state index < -0.39 is 0 Å². The number of fused-ring (bicyclic) bond motifs is 1. The normalized spacial score (nSPS) is 12.9. The summed E-state index contributed by atoms with van der Waals surface area (Å²) in [6.07, 6.45) is 1.71. The van der Waals surface area contributed by atoms with E-state index in [1.807, 2.05) is 48.5 Å². The maximum Gasteiger partial charge on any atom is 0.231 e. The maximum atomic E-state index is 5.36. The molecule has 1 aromatic heterocycles. The molecule has 2 heterocycles. The van der Waals surface area contributed by atoms with Crippen molar-refractivity contribution in [1.82, 2.24) is 14.9 Å². The summed E-state index contributed by atoms with van der Waals surface area (Å²) in [4.78, 5) is 0. The molecule has 0 bridgehead atoms.